The van der Waals surface area contributed by atoms with Gasteiger partial charge in [-0.1, -0.05) is 0 Å². The summed E-state index contributed by atoms with van der Waals surface area (Å²) in [6.07, 6.45) is 11.2. The summed E-state index contributed by atoms with van der Waals surface area (Å²) in [6, 6.07) is 0. The number of likely N-dealkylation sites (tertiary alicyclic amines) is 2. The quantitative estimate of drug-likeness (QED) is 0.736. The lowest BCUT2D eigenvalue weighted by Crippen LogP contribution is -2.56. The third-order valence-electron chi connectivity index (χ3n) is 8.48. The fourth-order valence-corrected chi connectivity index (χ4v) is 5.46. The van der Waals surface area contributed by atoms with E-state index in [-0.39, 0.29) is 0 Å². The average molecular weight is 349 g/mol. The third kappa shape index (κ3) is 3.66. The minimum atomic E-state index is 0.330. The van der Waals surface area contributed by atoms with Gasteiger partial charge in [-0.25, -0.2) is 0 Å². The van der Waals surface area contributed by atoms with Crippen LogP contribution < -0.4 is 0 Å². The van der Waals surface area contributed by atoms with Gasteiger partial charge >= 0.3 is 0 Å². The summed E-state index contributed by atoms with van der Waals surface area (Å²) in [7, 11) is 0. The maximum absolute atomic E-state index is 5.49. The van der Waals surface area contributed by atoms with E-state index >= 15 is 0 Å². The second-order valence-electron chi connectivity index (χ2n) is 11.1. The van der Waals surface area contributed by atoms with Gasteiger partial charge in [-0.3, -0.25) is 9.80 Å². The van der Waals surface area contributed by atoms with E-state index in [1.54, 1.807) is 0 Å². The van der Waals surface area contributed by atoms with E-state index < -0.39 is 0 Å². The Morgan fingerprint density at radius 2 is 1.04 bits per heavy atom. The summed E-state index contributed by atoms with van der Waals surface area (Å²) in [5, 5.41) is 0. The number of ether oxygens (including phenoxy) is 1. The topological polar surface area (TPSA) is 15.7 Å². The van der Waals surface area contributed by atoms with Crippen LogP contribution in [0.15, 0.2) is 0 Å². The first kappa shape index (κ1) is 18.3. The number of rotatable bonds is 5. The molecule has 0 aromatic heterocycles. The van der Waals surface area contributed by atoms with Gasteiger partial charge in [0, 0.05) is 16.5 Å². The lowest BCUT2D eigenvalue weighted by Gasteiger charge is -2.52. The van der Waals surface area contributed by atoms with Gasteiger partial charge in [0.1, 0.15) is 0 Å². The highest BCUT2D eigenvalue weighted by Crippen LogP contribution is 2.54. The van der Waals surface area contributed by atoms with Gasteiger partial charge in [-0.05, 0) is 111 Å². The zero-order valence-electron chi connectivity index (χ0n) is 17.2. The molecule has 2 spiro atoms. The molecule has 0 atom stereocenters. The molecule has 1 saturated carbocycles. The van der Waals surface area contributed by atoms with E-state index in [4.69, 9.17) is 4.74 Å². The molecule has 1 aliphatic carbocycles. The summed E-state index contributed by atoms with van der Waals surface area (Å²) in [4.78, 5) is 5.56. The largest absolute Gasteiger partial charge is 0.380 e. The van der Waals surface area contributed by atoms with Crippen LogP contribution in [0.4, 0.5) is 0 Å². The average Bonchev–Trinajstić information content (AvgIpc) is 3.31. The molecule has 0 aromatic carbocycles. The number of nitrogens with zero attached hydrogens (tertiary/aromatic N) is 2. The Kier molecular flexibility index (Phi) is 4.53. The molecule has 144 valence electrons. The first-order valence-corrected chi connectivity index (χ1v) is 10.8. The summed E-state index contributed by atoms with van der Waals surface area (Å²) < 4.78 is 5.49. The van der Waals surface area contributed by atoms with Crippen LogP contribution in [0.3, 0.4) is 0 Å². The van der Waals surface area contributed by atoms with Crippen molar-refractivity contribution in [2.75, 3.05) is 39.4 Å². The van der Waals surface area contributed by atoms with Crippen molar-refractivity contribution >= 4 is 0 Å². The third-order valence-corrected chi connectivity index (χ3v) is 8.48. The predicted molar refractivity (Wildman–Crippen MR) is 104 cm³/mol. The molecule has 4 fully saturated rings. The van der Waals surface area contributed by atoms with Crippen molar-refractivity contribution in [3.8, 4) is 0 Å². The van der Waals surface area contributed by atoms with Crippen molar-refractivity contribution < 1.29 is 4.74 Å². The normalized spacial score (nSPS) is 29.8. The van der Waals surface area contributed by atoms with E-state index in [2.05, 4.69) is 37.5 Å². The zero-order valence-corrected chi connectivity index (χ0v) is 17.2. The standard InChI is InChI=1S/C22H40N2O/c1-19(2,23-13-9-21(7-8-21)10-14-23)5-6-20(3,4)24-15-11-22(12-16-24)17-25-18-22/h5-18H2,1-4H3. The van der Waals surface area contributed by atoms with Crippen LogP contribution in [0.1, 0.15) is 79.1 Å². The molecule has 0 bridgehead atoms. The molecule has 0 radical (unpaired) electrons. The molecule has 4 rings (SSSR count). The first-order valence-electron chi connectivity index (χ1n) is 10.8. The van der Waals surface area contributed by atoms with Crippen molar-refractivity contribution in [1.29, 1.82) is 0 Å². The van der Waals surface area contributed by atoms with Crippen LogP contribution in [0, 0.1) is 10.8 Å². The summed E-state index contributed by atoms with van der Waals surface area (Å²) in [5.41, 5.74) is 2.03. The Morgan fingerprint density at radius 1 is 0.640 bits per heavy atom. The maximum atomic E-state index is 5.49. The highest BCUT2D eigenvalue weighted by Gasteiger charge is 2.47. The van der Waals surface area contributed by atoms with E-state index in [0.717, 1.165) is 18.6 Å². The van der Waals surface area contributed by atoms with Crippen LogP contribution in [-0.4, -0.2) is 60.3 Å². The fraction of sp³-hybridized carbons (Fsp3) is 1.00. The molecule has 3 nitrogen and oxygen atoms in total. The minimum absolute atomic E-state index is 0.330. The van der Waals surface area contributed by atoms with Crippen molar-refractivity contribution in [1.82, 2.24) is 9.80 Å². The molecular weight excluding hydrogens is 308 g/mol. The van der Waals surface area contributed by atoms with Crippen LogP contribution in [0.5, 0.6) is 0 Å². The summed E-state index contributed by atoms with van der Waals surface area (Å²) in [6.45, 7) is 17.2. The van der Waals surface area contributed by atoms with Gasteiger partial charge in [-0.15, -0.1) is 0 Å². The maximum Gasteiger partial charge on any atom is 0.0545 e. The van der Waals surface area contributed by atoms with E-state index in [0.29, 0.717) is 16.5 Å². The SMILES string of the molecule is CC(C)(CCC(C)(C)N1CCC2(CC1)COC2)N1CCC2(CC1)CC2. The molecule has 3 saturated heterocycles. The molecule has 3 heteroatoms. The molecule has 0 aromatic rings. The highest BCUT2D eigenvalue weighted by molar-refractivity contribution is 5.00. The van der Waals surface area contributed by atoms with Crippen molar-refractivity contribution in [2.24, 2.45) is 10.8 Å². The van der Waals surface area contributed by atoms with E-state index in [1.807, 2.05) is 0 Å². The zero-order chi connectivity index (χ0) is 17.8. The van der Waals surface area contributed by atoms with Crippen LogP contribution in [0.25, 0.3) is 0 Å². The van der Waals surface area contributed by atoms with Gasteiger partial charge in [0.15, 0.2) is 0 Å². The molecular formula is C22H40N2O. The number of piperidine rings is 2. The van der Waals surface area contributed by atoms with E-state index in [9.17, 15) is 0 Å². The molecule has 25 heavy (non-hydrogen) atoms. The summed E-state index contributed by atoms with van der Waals surface area (Å²) >= 11 is 0. The van der Waals surface area contributed by atoms with Crippen LogP contribution in [0.2, 0.25) is 0 Å². The molecule has 0 N–H and O–H groups in total. The number of hydrogen-bond acceptors (Lipinski definition) is 3. The van der Waals surface area contributed by atoms with Crippen molar-refractivity contribution in [2.45, 2.75) is 90.1 Å². The van der Waals surface area contributed by atoms with E-state index in [1.165, 1.54) is 77.5 Å². The monoisotopic (exact) mass is 348 g/mol. The Labute approximate surface area is 155 Å². The molecule has 4 aliphatic rings. The second-order valence-corrected chi connectivity index (χ2v) is 11.1. The minimum Gasteiger partial charge on any atom is -0.380 e. The number of hydrogen-bond donors (Lipinski definition) is 0. The second kappa shape index (κ2) is 6.21. The molecule has 3 heterocycles. The van der Waals surface area contributed by atoms with Crippen molar-refractivity contribution in [3.63, 3.8) is 0 Å². The fourth-order valence-electron chi connectivity index (χ4n) is 5.46. The van der Waals surface area contributed by atoms with Gasteiger partial charge in [0.2, 0.25) is 0 Å². The molecule has 0 amide bonds. The van der Waals surface area contributed by atoms with Crippen LogP contribution in [-0.2, 0) is 4.74 Å². The van der Waals surface area contributed by atoms with Gasteiger partial charge < -0.3 is 4.74 Å². The van der Waals surface area contributed by atoms with Gasteiger partial charge in [0.25, 0.3) is 0 Å². The highest BCUT2D eigenvalue weighted by atomic mass is 16.5. The Balaban J connectivity index is 1.27. The van der Waals surface area contributed by atoms with Gasteiger partial charge in [-0.2, -0.15) is 0 Å². The smallest absolute Gasteiger partial charge is 0.0545 e. The summed E-state index contributed by atoms with van der Waals surface area (Å²) in [5.74, 6) is 0. The lowest BCUT2D eigenvalue weighted by molar-refractivity contribution is -0.147. The Morgan fingerprint density at radius 3 is 1.36 bits per heavy atom. The van der Waals surface area contributed by atoms with Gasteiger partial charge in [0.05, 0.1) is 13.2 Å². The molecule has 3 aliphatic heterocycles. The molecule has 0 unspecified atom stereocenters. The van der Waals surface area contributed by atoms with Crippen molar-refractivity contribution in [3.05, 3.63) is 0 Å². The predicted octanol–water partition coefficient (Wildman–Crippen LogP) is 4.31. The Bertz CT molecular complexity index is 470. The van der Waals surface area contributed by atoms with Crippen LogP contribution >= 0.6 is 0 Å². The lowest BCUT2D eigenvalue weighted by atomic mass is 9.75. The first-order chi connectivity index (χ1) is 11.7. The Hall–Kier alpha value is -0.120.